The van der Waals surface area contributed by atoms with Crippen LogP contribution in [0.5, 0.6) is 0 Å². The van der Waals surface area contributed by atoms with Crippen molar-refractivity contribution in [3.8, 4) is 0 Å². The van der Waals surface area contributed by atoms with Crippen molar-refractivity contribution in [2.75, 3.05) is 5.32 Å². The predicted molar refractivity (Wildman–Crippen MR) is 81.3 cm³/mol. The number of rotatable bonds is 5. The maximum Gasteiger partial charge on any atom is 0.288 e. The number of nitro groups is 1. The first-order chi connectivity index (χ1) is 9.56. The first-order valence-electron chi connectivity index (χ1n) is 6.30. The SMILES string of the molecule is CC(Cc1ccccc1)Nc1ccc([N+](=O)[O-])c(Cl)c1. The van der Waals surface area contributed by atoms with Crippen LogP contribution < -0.4 is 5.32 Å². The second-order valence-corrected chi connectivity index (χ2v) is 5.07. The molecule has 5 heteroatoms. The molecule has 1 atom stereocenters. The van der Waals surface area contributed by atoms with Gasteiger partial charge in [-0.2, -0.15) is 0 Å². The van der Waals surface area contributed by atoms with Crippen molar-refractivity contribution >= 4 is 23.0 Å². The molecule has 1 unspecified atom stereocenters. The van der Waals surface area contributed by atoms with Crippen molar-refractivity contribution in [2.45, 2.75) is 19.4 Å². The smallest absolute Gasteiger partial charge is 0.288 e. The molecule has 0 heterocycles. The summed E-state index contributed by atoms with van der Waals surface area (Å²) in [6.07, 6.45) is 0.870. The quantitative estimate of drug-likeness (QED) is 0.660. The lowest BCUT2D eigenvalue weighted by atomic mass is 10.1. The summed E-state index contributed by atoms with van der Waals surface area (Å²) in [6.45, 7) is 2.06. The number of hydrogen-bond donors (Lipinski definition) is 1. The van der Waals surface area contributed by atoms with Crippen molar-refractivity contribution < 1.29 is 4.92 Å². The Morgan fingerprint density at radius 3 is 2.55 bits per heavy atom. The van der Waals surface area contributed by atoms with Gasteiger partial charge in [-0.1, -0.05) is 41.9 Å². The monoisotopic (exact) mass is 290 g/mol. The van der Waals surface area contributed by atoms with Gasteiger partial charge < -0.3 is 5.32 Å². The number of anilines is 1. The van der Waals surface area contributed by atoms with Crippen LogP contribution in [0.25, 0.3) is 0 Å². The zero-order valence-corrected chi connectivity index (χ0v) is 11.8. The molecule has 0 aliphatic carbocycles. The molecule has 0 spiro atoms. The number of hydrogen-bond acceptors (Lipinski definition) is 3. The first kappa shape index (κ1) is 14.3. The van der Waals surface area contributed by atoms with Crippen LogP contribution in [0.1, 0.15) is 12.5 Å². The van der Waals surface area contributed by atoms with E-state index in [-0.39, 0.29) is 16.8 Å². The molecule has 0 aliphatic rings. The molecule has 0 amide bonds. The van der Waals surface area contributed by atoms with Gasteiger partial charge in [-0.3, -0.25) is 10.1 Å². The maximum absolute atomic E-state index is 10.7. The van der Waals surface area contributed by atoms with Crippen LogP contribution in [-0.4, -0.2) is 11.0 Å². The number of halogens is 1. The van der Waals surface area contributed by atoms with Crippen LogP contribution >= 0.6 is 11.6 Å². The normalized spacial score (nSPS) is 11.9. The molecule has 2 aromatic rings. The summed E-state index contributed by atoms with van der Waals surface area (Å²) in [5.74, 6) is 0. The lowest BCUT2D eigenvalue weighted by Gasteiger charge is -2.15. The average Bonchev–Trinajstić information content (AvgIpc) is 2.39. The van der Waals surface area contributed by atoms with Crippen LogP contribution in [0.3, 0.4) is 0 Å². The molecular formula is C15H15ClN2O2. The summed E-state index contributed by atoms with van der Waals surface area (Å²) in [5, 5.41) is 14.1. The van der Waals surface area contributed by atoms with Gasteiger partial charge in [-0.05, 0) is 31.0 Å². The highest BCUT2D eigenvalue weighted by atomic mass is 35.5. The second-order valence-electron chi connectivity index (χ2n) is 4.66. The zero-order valence-electron chi connectivity index (χ0n) is 11.0. The fourth-order valence-corrected chi connectivity index (χ4v) is 2.30. The van der Waals surface area contributed by atoms with E-state index in [0.717, 1.165) is 12.1 Å². The molecule has 0 saturated heterocycles. The maximum atomic E-state index is 10.7. The molecule has 0 aromatic heterocycles. The predicted octanol–water partition coefficient (Wildman–Crippen LogP) is 4.29. The molecule has 1 N–H and O–H groups in total. The minimum Gasteiger partial charge on any atom is -0.382 e. The Balaban J connectivity index is 2.03. The second kappa shape index (κ2) is 6.39. The number of benzene rings is 2. The van der Waals surface area contributed by atoms with Crippen LogP contribution in [0, 0.1) is 10.1 Å². The van der Waals surface area contributed by atoms with E-state index in [9.17, 15) is 10.1 Å². The van der Waals surface area contributed by atoms with Gasteiger partial charge >= 0.3 is 0 Å². The molecule has 4 nitrogen and oxygen atoms in total. The molecule has 0 fully saturated rings. The molecule has 2 aromatic carbocycles. The summed E-state index contributed by atoms with van der Waals surface area (Å²) in [7, 11) is 0. The van der Waals surface area contributed by atoms with E-state index in [1.807, 2.05) is 18.2 Å². The van der Waals surface area contributed by atoms with Gasteiger partial charge in [0.05, 0.1) is 4.92 Å². The molecule has 0 radical (unpaired) electrons. The Labute approximate surface area is 122 Å². The van der Waals surface area contributed by atoms with Gasteiger partial charge in [-0.15, -0.1) is 0 Å². The summed E-state index contributed by atoms with van der Waals surface area (Å²) in [4.78, 5) is 10.2. The standard InChI is InChI=1S/C15H15ClN2O2/c1-11(9-12-5-3-2-4-6-12)17-13-7-8-15(18(19)20)14(16)10-13/h2-8,10-11,17H,9H2,1H3. The minimum atomic E-state index is -0.487. The third-order valence-electron chi connectivity index (χ3n) is 2.94. The van der Waals surface area contributed by atoms with Gasteiger partial charge in [0.15, 0.2) is 0 Å². The van der Waals surface area contributed by atoms with E-state index < -0.39 is 4.92 Å². The van der Waals surface area contributed by atoms with Crippen molar-refractivity contribution in [1.29, 1.82) is 0 Å². The summed E-state index contributed by atoms with van der Waals surface area (Å²) < 4.78 is 0. The van der Waals surface area contributed by atoms with Crippen molar-refractivity contribution in [3.63, 3.8) is 0 Å². The third kappa shape index (κ3) is 3.71. The van der Waals surface area contributed by atoms with Gasteiger partial charge in [-0.25, -0.2) is 0 Å². The number of nitrogens with one attached hydrogen (secondary N) is 1. The topological polar surface area (TPSA) is 55.2 Å². The summed E-state index contributed by atoms with van der Waals surface area (Å²) in [6, 6.07) is 15.0. The van der Waals surface area contributed by atoms with Gasteiger partial charge in [0.2, 0.25) is 0 Å². The van der Waals surface area contributed by atoms with Crippen molar-refractivity contribution in [3.05, 3.63) is 69.2 Å². The molecule has 20 heavy (non-hydrogen) atoms. The highest BCUT2D eigenvalue weighted by Crippen LogP contribution is 2.27. The van der Waals surface area contributed by atoms with Crippen LogP contribution in [-0.2, 0) is 6.42 Å². The molecule has 0 bridgehead atoms. The van der Waals surface area contributed by atoms with Crippen LogP contribution in [0.4, 0.5) is 11.4 Å². The van der Waals surface area contributed by atoms with Gasteiger partial charge in [0.25, 0.3) is 5.69 Å². The van der Waals surface area contributed by atoms with E-state index >= 15 is 0 Å². The van der Waals surface area contributed by atoms with E-state index in [4.69, 9.17) is 11.6 Å². The highest BCUT2D eigenvalue weighted by molar-refractivity contribution is 6.32. The van der Waals surface area contributed by atoms with Crippen LogP contribution in [0.2, 0.25) is 5.02 Å². The Kier molecular flexibility index (Phi) is 4.58. The first-order valence-corrected chi connectivity index (χ1v) is 6.68. The Morgan fingerprint density at radius 1 is 1.25 bits per heavy atom. The van der Waals surface area contributed by atoms with Gasteiger partial charge in [0.1, 0.15) is 5.02 Å². The van der Waals surface area contributed by atoms with E-state index in [1.54, 1.807) is 12.1 Å². The van der Waals surface area contributed by atoms with E-state index in [0.29, 0.717) is 0 Å². The zero-order chi connectivity index (χ0) is 14.5. The molecule has 2 rings (SSSR count). The molecule has 0 aliphatic heterocycles. The largest absolute Gasteiger partial charge is 0.382 e. The minimum absolute atomic E-state index is 0.0760. The fraction of sp³-hybridized carbons (Fsp3) is 0.200. The van der Waals surface area contributed by atoms with Gasteiger partial charge in [0, 0.05) is 17.8 Å². The lowest BCUT2D eigenvalue weighted by molar-refractivity contribution is -0.384. The van der Waals surface area contributed by atoms with E-state index in [1.165, 1.54) is 11.6 Å². The third-order valence-corrected chi connectivity index (χ3v) is 3.24. The lowest BCUT2D eigenvalue weighted by Crippen LogP contribution is -2.18. The van der Waals surface area contributed by atoms with Crippen molar-refractivity contribution in [2.24, 2.45) is 0 Å². The number of nitrogens with zero attached hydrogens (tertiary/aromatic N) is 1. The van der Waals surface area contributed by atoms with Crippen molar-refractivity contribution in [1.82, 2.24) is 0 Å². The summed E-state index contributed by atoms with van der Waals surface area (Å²) >= 11 is 5.89. The Morgan fingerprint density at radius 2 is 1.95 bits per heavy atom. The highest BCUT2D eigenvalue weighted by Gasteiger charge is 2.12. The Bertz CT molecular complexity index is 602. The molecular weight excluding hydrogens is 276 g/mol. The van der Waals surface area contributed by atoms with Crippen LogP contribution in [0.15, 0.2) is 48.5 Å². The molecule has 104 valence electrons. The van der Waals surface area contributed by atoms with E-state index in [2.05, 4.69) is 24.4 Å². The molecule has 0 saturated carbocycles. The average molecular weight is 291 g/mol. The Hall–Kier alpha value is -2.07. The fourth-order valence-electron chi connectivity index (χ4n) is 2.05. The summed E-state index contributed by atoms with van der Waals surface area (Å²) in [5.41, 5.74) is 1.94. The number of nitro benzene ring substituents is 1.